The summed E-state index contributed by atoms with van der Waals surface area (Å²) in [7, 11) is 1.17. The Kier molecular flexibility index (Phi) is 50.5. The molecule has 1 amide bonds. The number of carbonyl (C=O) groups excluding carboxylic acids is 2. The van der Waals surface area contributed by atoms with Gasteiger partial charge in [0.15, 0.2) is 0 Å². The number of ether oxygens (including phenoxy) is 1. The van der Waals surface area contributed by atoms with E-state index in [1.54, 1.807) is 0 Å². The molecule has 0 spiro atoms. The average molecular weight is 1030 g/mol. The highest BCUT2D eigenvalue weighted by Crippen LogP contribution is 2.38. The van der Waals surface area contributed by atoms with Crippen molar-refractivity contribution in [1.29, 1.82) is 0 Å². The van der Waals surface area contributed by atoms with Crippen LogP contribution in [-0.4, -0.2) is 69.4 Å². The number of rotatable bonds is 54. The zero-order chi connectivity index (χ0) is 52.9. The van der Waals surface area contributed by atoms with Crippen LogP contribution in [0.15, 0.2) is 60.8 Å². The monoisotopic (exact) mass is 1030 g/mol. The summed E-state index contributed by atoms with van der Waals surface area (Å²) in [6, 6.07) is -0.897. The van der Waals surface area contributed by atoms with Crippen LogP contribution in [0.2, 0.25) is 0 Å². The topological polar surface area (TPSA) is 114 Å². The van der Waals surface area contributed by atoms with Crippen LogP contribution >= 0.6 is 7.82 Å². The van der Waals surface area contributed by atoms with Gasteiger partial charge >= 0.3 is 5.97 Å². The lowest BCUT2D eigenvalue weighted by Gasteiger charge is -2.30. The van der Waals surface area contributed by atoms with Crippen molar-refractivity contribution in [3.8, 4) is 0 Å². The van der Waals surface area contributed by atoms with Gasteiger partial charge in [-0.05, 0) is 89.5 Å². The number of phosphoric acid groups is 1. The van der Waals surface area contributed by atoms with E-state index in [1.165, 1.54) is 148 Å². The summed E-state index contributed by atoms with van der Waals surface area (Å²) in [5, 5.41) is 3.02. The molecule has 0 saturated heterocycles. The smallest absolute Gasteiger partial charge is 0.306 e. The fourth-order valence-corrected chi connectivity index (χ4v) is 9.25. The summed E-state index contributed by atoms with van der Waals surface area (Å²) in [4.78, 5) is 39.9. The van der Waals surface area contributed by atoms with E-state index in [2.05, 4.69) is 74.7 Å². The highest BCUT2D eigenvalue weighted by atomic mass is 31.2. The fourth-order valence-electron chi connectivity index (χ4n) is 8.53. The minimum atomic E-state index is -4.70. The summed E-state index contributed by atoms with van der Waals surface area (Å²) in [5.41, 5.74) is 0. The Hall–Kier alpha value is -2.29. The third-order valence-electron chi connectivity index (χ3n) is 13.2. The summed E-state index contributed by atoms with van der Waals surface area (Å²) >= 11 is 0. The molecular weight excluding hydrogens is 916 g/mol. The molecule has 0 bridgehead atoms. The molecule has 0 aliphatic heterocycles. The number of likely N-dealkylation sites (N-methyl/N-ethyl adjacent to an activating group) is 1. The fraction of sp³-hybridized carbons (Fsp3) is 0.806. The standard InChI is InChI=1S/C62H115N2O7P/c1-7-10-13-16-19-22-25-27-29-30-31-32-33-34-35-36-39-42-45-48-51-54-61(65)63-59(58-70-72(67,68)69-57-56-64(4,5)6)60(53-50-47-44-41-38-24-21-18-15-12-9-3)71-62(66)55-52-49-46-43-40-37-28-26-23-20-17-14-11-8-2/h11,14,20,23,27-29,37,50,53,59-60H,7-10,12-13,15-19,21-22,24-26,30-36,38-49,51-52,54-58H2,1-6H3,(H-,63,65,67,68)/b14-11+,23-20+,29-27+,37-28+,53-50-. The van der Waals surface area contributed by atoms with Gasteiger partial charge in [-0.3, -0.25) is 14.2 Å². The third kappa shape index (κ3) is 52.6. The van der Waals surface area contributed by atoms with Gasteiger partial charge in [0, 0.05) is 12.8 Å². The normalized spacial score (nSPS) is 14.2. The lowest BCUT2D eigenvalue weighted by atomic mass is 10.0. The Morgan fingerprint density at radius 3 is 1.35 bits per heavy atom. The quantitative estimate of drug-likeness (QED) is 0.0212. The van der Waals surface area contributed by atoms with E-state index in [1.807, 2.05) is 33.3 Å². The molecule has 0 rings (SSSR count). The number of nitrogens with zero attached hydrogens (tertiary/aromatic N) is 1. The number of amides is 1. The Morgan fingerprint density at radius 1 is 0.500 bits per heavy atom. The molecular formula is C62H115N2O7P. The first-order valence-electron chi connectivity index (χ1n) is 30.1. The lowest BCUT2D eigenvalue weighted by Crippen LogP contribution is -2.47. The maximum atomic E-state index is 13.5. The number of quaternary nitrogens is 1. The van der Waals surface area contributed by atoms with Crippen molar-refractivity contribution in [3.63, 3.8) is 0 Å². The van der Waals surface area contributed by atoms with E-state index in [-0.39, 0.29) is 24.9 Å². The number of unbranched alkanes of at least 4 members (excludes halogenated alkanes) is 30. The molecule has 1 N–H and O–H groups in total. The Morgan fingerprint density at radius 2 is 0.889 bits per heavy atom. The highest BCUT2D eigenvalue weighted by Gasteiger charge is 2.27. The number of hydrogen-bond acceptors (Lipinski definition) is 7. The van der Waals surface area contributed by atoms with E-state index in [9.17, 15) is 19.0 Å². The average Bonchev–Trinajstić information content (AvgIpc) is 3.34. The molecule has 3 unspecified atom stereocenters. The van der Waals surface area contributed by atoms with Gasteiger partial charge in [-0.25, -0.2) is 0 Å². The molecule has 0 aromatic heterocycles. The van der Waals surface area contributed by atoms with Crippen LogP contribution in [-0.2, 0) is 27.9 Å². The predicted octanol–water partition coefficient (Wildman–Crippen LogP) is 17.6. The largest absolute Gasteiger partial charge is 0.756 e. The van der Waals surface area contributed by atoms with Crippen molar-refractivity contribution >= 4 is 19.7 Å². The molecule has 0 aliphatic rings. The molecule has 0 aliphatic carbocycles. The molecule has 420 valence electrons. The summed E-state index contributed by atoms with van der Waals surface area (Å²) in [5.74, 6) is -0.565. The molecule has 0 fully saturated rings. The van der Waals surface area contributed by atoms with Gasteiger partial charge in [0.25, 0.3) is 7.82 Å². The van der Waals surface area contributed by atoms with Crippen LogP contribution in [0.5, 0.6) is 0 Å². The molecule has 0 heterocycles. The third-order valence-corrected chi connectivity index (χ3v) is 14.1. The maximum absolute atomic E-state index is 13.5. The van der Waals surface area contributed by atoms with E-state index >= 15 is 0 Å². The van der Waals surface area contributed by atoms with E-state index in [4.69, 9.17) is 13.8 Å². The molecule has 0 aromatic rings. The van der Waals surface area contributed by atoms with Crippen LogP contribution in [0, 0.1) is 0 Å². The van der Waals surface area contributed by atoms with Crippen molar-refractivity contribution < 1.29 is 37.3 Å². The maximum Gasteiger partial charge on any atom is 0.306 e. The van der Waals surface area contributed by atoms with Crippen molar-refractivity contribution in [3.05, 3.63) is 60.8 Å². The SMILES string of the molecule is CC/C=C/C/C=C/C/C=C/CCCCCCC(=O)OC(/C=C\CCCCCCCCCCC)C(COP(=O)([O-])OCC[N+](C)(C)C)NC(=O)CCCCCCCCCCCCC/C=C/CCCCCCCC. The van der Waals surface area contributed by atoms with Gasteiger partial charge in [0.2, 0.25) is 5.91 Å². The number of hydrogen-bond donors (Lipinski definition) is 1. The molecule has 72 heavy (non-hydrogen) atoms. The van der Waals surface area contributed by atoms with Crippen LogP contribution < -0.4 is 10.2 Å². The van der Waals surface area contributed by atoms with E-state index in [0.717, 1.165) is 83.5 Å². The van der Waals surface area contributed by atoms with Crippen molar-refractivity contribution in [1.82, 2.24) is 5.32 Å². The lowest BCUT2D eigenvalue weighted by molar-refractivity contribution is -0.870. The first kappa shape index (κ1) is 69.7. The van der Waals surface area contributed by atoms with Crippen molar-refractivity contribution in [2.24, 2.45) is 0 Å². The van der Waals surface area contributed by atoms with Gasteiger partial charge in [-0.1, -0.05) is 230 Å². The Balaban J connectivity index is 5.21. The highest BCUT2D eigenvalue weighted by molar-refractivity contribution is 7.45. The van der Waals surface area contributed by atoms with Crippen molar-refractivity contribution in [2.45, 2.75) is 283 Å². The predicted molar refractivity (Wildman–Crippen MR) is 307 cm³/mol. The van der Waals surface area contributed by atoms with Gasteiger partial charge < -0.3 is 28.5 Å². The Labute approximate surface area is 445 Å². The zero-order valence-electron chi connectivity index (χ0n) is 47.9. The summed E-state index contributed by atoms with van der Waals surface area (Å²) in [6.07, 6.45) is 64.8. The second-order valence-electron chi connectivity index (χ2n) is 21.5. The molecule has 10 heteroatoms. The van der Waals surface area contributed by atoms with Crippen LogP contribution in [0.1, 0.15) is 271 Å². The molecule has 0 aromatic carbocycles. The molecule has 0 saturated carbocycles. The van der Waals surface area contributed by atoms with Gasteiger partial charge in [0.05, 0.1) is 33.8 Å². The summed E-state index contributed by atoms with van der Waals surface area (Å²) < 4.78 is 30.2. The van der Waals surface area contributed by atoms with Gasteiger partial charge in [0.1, 0.15) is 19.3 Å². The Bertz CT molecular complexity index is 1420. The van der Waals surface area contributed by atoms with Crippen LogP contribution in [0.25, 0.3) is 0 Å². The second kappa shape index (κ2) is 52.2. The molecule has 0 radical (unpaired) electrons. The van der Waals surface area contributed by atoms with E-state index in [0.29, 0.717) is 23.9 Å². The minimum absolute atomic E-state index is 0.0271. The second-order valence-corrected chi connectivity index (χ2v) is 22.9. The number of nitrogens with one attached hydrogen (secondary N) is 1. The first-order chi connectivity index (χ1) is 34.9. The number of esters is 1. The van der Waals surface area contributed by atoms with Gasteiger partial charge in [-0.2, -0.15) is 0 Å². The molecule has 9 nitrogen and oxygen atoms in total. The van der Waals surface area contributed by atoms with E-state index < -0.39 is 26.6 Å². The van der Waals surface area contributed by atoms with Crippen LogP contribution in [0.3, 0.4) is 0 Å². The van der Waals surface area contributed by atoms with Crippen molar-refractivity contribution in [2.75, 3.05) is 40.9 Å². The summed E-state index contributed by atoms with van der Waals surface area (Å²) in [6.45, 7) is 6.71. The first-order valence-corrected chi connectivity index (χ1v) is 31.6. The number of phosphoric ester groups is 1. The minimum Gasteiger partial charge on any atom is -0.756 e. The molecule has 3 atom stereocenters. The number of carbonyl (C=O) groups is 2. The van der Waals surface area contributed by atoms with Crippen LogP contribution in [0.4, 0.5) is 0 Å². The number of allylic oxidation sites excluding steroid dienone is 9. The zero-order valence-corrected chi connectivity index (χ0v) is 48.8. The van der Waals surface area contributed by atoms with Gasteiger partial charge in [-0.15, -0.1) is 0 Å².